The molecule has 0 spiro atoms. The Hall–Kier alpha value is -3.32. The fourth-order valence-electron chi connectivity index (χ4n) is 3.64. The van der Waals surface area contributed by atoms with E-state index in [0.29, 0.717) is 24.1 Å². The molecule has 1 amide bonds. The molecule has 4 aromatic rings. The van der Waals surface area contributed by atoms with Gasteiger partial charge in [-0.1, -0.05) is 60.3 Å². The van der Waals surface area contributed by atoms with E-state index in [2.05, 4.69) is 10.2 Å². The van der Waals surface area contributed by atoms with Gasteiger partial charge in [0.2, 0.25) is 5.91 Å². The molecule has 164 valence electrons. The van der Waals surface area contributed by atoms with Gasteiger partial charge in [-0.3, -0.25) is 9.36 Å². The van der Waals surface area contributed by atoms with Gasteiger partial charge in [0, 0.05) is 18.8 Å². The van der Waals surface area contributed by atoms with E-state index in [1.807, 2.05) is 97.0 Å². The molecule has 7 heteroatoms. The molecule has 32 heavy (non-hydrogen) atoms. The van der Waals surface area contributed by atoms with Crippen LogP contribution in [0.25, 0.3) is 17.1 Å². The fraction of sp³-hybridized carbons (Fsp3) is 0.240. The first-order valence-corrected chi connectivity index (χ1v) is 11.6. The van der Waals surface area contributed by atoms with Crippen molar-refractivity contribution in [1.29, 1.82) is 0 Å². The van der Waals surface area contributed by atoms with Gasteiger partial charge in [-0.05, 0) is 44.5 Å². The number of likely N-dealkylation sites (N-methyl/N-ethyl adjacent to an activating group) is 1. The normalized spacial score (nSPS) is 12.0. The number of furan rings is 1. The van der Waals surface area contributed by atoms with Gasteiger partial charge in [0.1, 0.15) is 11.0 Å². The van der Waals surface area contributed by atoms with Crippen molar-refractivity contribution in [2.45, 2.75) is 31.2 Å². The summed E-state index contributed by atoms with van der Waals surface area (Å²) in [6, 6.07) is 21.7. The first-order chi connectivity index (χ1) is 15.6. The zero-order valence-corrected chi connectivity index (χ0v) is 19.2. The third kappa shape index (κ3) is 4.34. The maximum absolute atomic E-state index is 13.5. The Morgan fingerprint density at radius 2 is 1.66 bits per heavy atom. The van der Waals surface area contributed by atoms with Gasteiger partial charge in [-0.2, -0.15) is 0 Å². The molecule has 2 aromatic heterocycles. The van der Waals surface area contributed by atoms with Gasteiger partial charge >= 0.3 is 0 Å². The van der Waals surface area contributed by atoms with Crippen molar-refractivity contribution >= 4 is 17.7 Å². The summed E-state index contributed by atoms with van der Waals surface area (Å²) in [5, 5.41) is 9.23. The van der Waals surface area contributed by atoms with Gasteiger partial charge < -0.3 is 9.32 Å². The number of carbonyl (C=O) groups excluding carboxylic acids is 1. The van der Waals surface area contributed by atoms with Crippen molar-refractivity contribution < 1.29 is 9.21 Å². The Balaban J connectivity index is 1.82. The van der Waals surface area contributed by atoms with Gasteiger partial charge in [-0.25, -0.2) is 0 Å². The van der Waals surface area contributed by atoms with Crippen LogP contribution in [0.5, 0.6) is 0 Å². The molecule has 4 rings (SSSR count). The molecule has 0 N–H and O–H groups in total. The summed E-state index contributed by atoms with van der Waals surface area (Å²) in [5.74, 6) is 1.52. The van der Waals surface area contributed by atoms with Crippen molar-refractivity contribution in [2.75, 3.05) is 13.1 Å². The van der Waals surface area contributed by atoms with Crippen LogP contribution in [-0.4, -0.2) is 38.7 Å². The summed E-state index contributed by atoms with van der Waals surface area (Å²) < 4.78 is 7.51. The van der Waals surface area contributed by atoms with Crippen LogP contribution < -0.4 is 0 Å². The summed E-state index contributed by atoms with van der Waals surface area (Å²) >= 11 is 1.42. The Kier molecular flexibility index (Phi) is 6.75. The molecule has 6 nitrogen and oxygen atoms in total. The monoisotopic (exact) mass is 446 g/mol. The number of carbonyl (C=O) groups is 1. The number of nitrogens with zero attached hydrogens (tertiary/aromatic N) is 4. The molecular formula is C25H26N4O2S. The molecular weight excluding hydrogens is 420 g/mol. The molecule has 0 bridgehead atoms. The largest absolute Gasteiger partial charge is 0.469 e. The van der Waals surface area contributed by atoms with Gasteiger partial charge in [0.05, 0.1) is 11.8 Å². The summed E-state index contributed by atoms with van der Waals surface area (Å²) in [5.41, 5.74) is 2.75. The lowest BCUT2D eigenvalue weighted by Gasteiger charge is -2.25. The minimum atomic E-state index is -0.430. The Morgan fingerprint density at radius 1 is 1.00 bits per heavy atom. The lowest BCUT2D eigenvalue weighted by molar-refractivity contribution is -0.130. The van der Waals surface area contributed by atoms with E-state index in [1.54, 1.807) is 6.26 Å². The van der Waals surface area contributed by atoms with Crippen LogP contribution in [0.4, 0.5) is 0 Å². The highest BCUT2D eigenvalue weighted by atomic mass is 32.2. The second kappa shape index (κ2) is 9.87. The van der Waals surface area contributed by atoms with Crippen molar-refractivity contribution in [3.63, 3.8) is 0 Å². The molecule has 0 saturated heterocycles. The minimum absolute atomic E-state index is 0.0647. The van der Waals surface area contributed by atoms with E-state index in [4.69, 9.17) is 4.42 Å². The summed E-state index contributed by atoms with van der Waals surface area (Å²) in [4.78, 5) is 15.3. The summed E-state index contributed by atoms with van der Waals surface area (Å²) in [6.45, 7) is 7.22. The Morgan fingerprint density at radius 3 is 2.25 bits per heavy atom. The molecule has 0 radical (unpaired) electrons. The molecule has 0 fully saturated rings. The highest BCUT2D eigenvalue weighted by Gasteiger charge is 2.29. The molecule has 2 aromatic carbocycles. The number of thioether (sulfide) groups is 1. The summed E-state index contributed by atoms with van der Waals surface area (Å²) in [7, 11) is 0. The van der Waals surface area contributed by atoms with Crippen LogP contribution >= 0.6 is 11.8 Å². The number of hydrogen-bond donors (Lipinski definition) is 0. The zero-order chi connectivity index (χ0) is 22.5. The number of amides is 1. The van der Waals surface area contributed by atoms with Crippen molar-refractivity contribution in [2.24, 2.45) is 0 Å². The third-order valence-corrected chi connectivity index (χ3v) is 6.56. The number of aromatic nitrogens is 3. The van der Waals surface area contributed by atoms with E-state index >= 15 is 0 Å². The van der Waals surface area contributed by atoms with E-state index in [0.717, 1.165) is 22.6 Å². The average Bonchev–Trinajstić information content (AvgIpc) is 3.44. The molecule has 0 saturated carbocycles. The highest BCUT2D eigenvalue weighted by molar-refractivity contribution is 8.00. The fourth-order valence-corrected chi connectivity index (χ4v) is 4.78. The van der Waals surface area contributed by atoms with Crippen LogP contribution in [0.1, 0.15) is 30.4 Å². The van der Waals surface area contributed by atoms with Crippen molar-refractivity contribution in [1.82, 2.24) is 19.7 Å². The SMILES string of the molecule is CCN(CC)C(=O)C(Sc1nnc(-c2ccoc2C)n1-c1ccccc1)c1ccccc1. The molecule has 0 aliphatic rings. The highest BCUT2D eigenvalue weighted by Crippen LogP contribution is 2.39. The first-order valence-electron chi connectivity index (χ1n) is 10.7. The molecule has 0 aliphatic heterocycles. The predicted octanol–water partition coefficient (Wildman–Crippen LogP) is 5.54. The number of rotatable bonds is 8. The second-order valence-corrected chi connectivity index (χ2v) is 8.36. The van der Waals surface area contributed by atoms with Crippen LogP contribution in [-0.2, 0) is 4.79 Å². The number of hydrogen-bond acceptors (Lipinski definition) is 5. The second-order valence-electron chi connectivity index (χ2n) is 7.29. The van der Waals surface area contributed by atoms with Crippen LogP contribution in [0.3, 0.4) is 0 Å². The number of benzene rings is 2. The first kappa shape index (κ1) is 21.9. The maximum atomic E-state index is 13.5. The minimum Gasteiger partial charge on any atom is -0.469 e. The maximum Gasteiger partial charge on any atom is 0.240 e. The number of aryl methyl sites for hydroxylation is 1. The number of para-hydroxylation sites is 1. The quantitative estimate of drug-likeness (QED) is 0.333. The third-order valence-electron chi connectivity index (χ3n) is 5.37. The smallest absolute Gasteiger partial charge is 0.240 e. The van der Waals surface area contributed by atoms with Crippen LogP contribution in [0.2, 0.25) is 0 Å². The average molecular weight is 447 g/mol. The Labute approximate surface area is 192 Å². The molecule has 1 unspecified atom stereocenters. The summed E-state index contributed by atoms with van der Waals surface area (Å²) in [6.07, 6.45) is 1.65. The van der Waals surface area contributed by atoms with Crippen LogP contribution in [0.15, 0.2) is 82.6 Å². The molecule has 2 heterocycles. The van der Waals surface area contributed by atoms with E-state index in [9.17, 15) is 4.79 Å². The standard InChI is InChI=1S/C25H26N4O2S/c1-4-28(5-2)24(30)22(19-12-8-6-9-13-19)32-25-27-26-23(21-16-17-31-18(21)3)29(25)20-14-10-7-11-15-20/h6-17,22H,4-5H2,1-3H3. The van der Waals surface area contributed by atoms with Gasteiger partial charge in [0.15, 0.2) is 11.0 Å². The predicted molar refractivity (Wildman–Crippen MR) is 127 cm³/mol. The van der Waals surface area contributed by atoms with E-state index < -0.39 is 5.25 Å². The van der Waals surface area contributed by atoms with Crippen molar-refractivity contribution in [3.8, 4) is 17.1 Å². The molecule has 1 atom stereocenters. The Bertz CT molecular complexity index is 1170. The van der Waals surface area contributed by atoms with Gasteiger partial charge in [-0.15, -0.1) is 10.2 Å². The van der Waals surface area contributed by atoms with E-state index in [1.165, 1.54) is 11.8 Å². The topological polar surface area (TPSA) is 64.2 Å². The lowest BCUT2D eigenvalue weighted by Crippen LogP contribution is -2.34. The van der Waals surface area contributed by atoms with Gasteiger partial charge in [0.25, 0.3) is 0 Å². The zero-order valence-electron chi connectivity index (χ0n) is 18.4. The van der Waals surface area contributed by atoms with Crippen LogP contribution in [0, 0.1) is 6.92 Å². The lowest BCUT2D eigenvalue weighted by atomic mass is 10.1. The van der Waals surface area contributed by atoms with E-state index in [-0.39, 0.29) is 5.91 Å². The molecule has 0 aliphatic carbocycles. The van der Waals surface area contributed by atoms with Crippen molar-refractivity contribution in [3.05, 3.63) is 84.3 Å².